The number of hydrogen-bond acceptors (Lipinski definition) is 3. The molecule has 9 heteroatoms. The van der Waals surface area contributed by atoms with Crippen molar-refractivity contribution >= 4 is 29.6 Å². The number of rotatable bonds is 5. The average molecular weight is 387 g/mol. The van der Waals surface area contributed by atoms with Gasteiger partial charge >= 0.3 is 18.1 Å². The van der Waals surface area contributed by atoms with Gasteiger partial charge < -0.3 is 14.9 Å². The number of carboxylic acids is 2. The van der Waals surface area contributed by atoms with E-state index >= 15 is 0 Å². The second kappa shape index (κ2) is 7.49. The maximum absolute atomic E-state index is 12.6. The highest BCUT2D eigenvalue weighted by atomic mass is 35.5. The molecule has 0 amide bonds. The first-order valence-corrected chi connectivity index (χ1v) is 7.28. The highest BCUT2D eigenvalue weighted by Gasteiger charge is 2.31. The normalized spacial score (nSPS) is 11.5. The van der Waals surface area contributed by atoms with Gasteiger partial charge in [0.15, 0.2) is 0 Å². The molecule has 0 bridgehead atoms. The van der Waals surface area contributed by atoms with Crippen molar-refractivity contribution in [3.05, 3.63) is 64.2 Å². The van der Waals surface area contributed by atoms with Crippen molar-refractivity contribution in [1.82, 2.24) is 0 Å². The summed E-state index contributed by atoms with van der Waals surface area (Å²) in [5.41, 5.74) is -1.08. The van der Waals surface area contributed by atoms with Gasteiger partial charge in [0.2, 0.25) is 0 Å². The van der Waals surface area contributed by atoms with Crippen molar-refractivity contribution < 1.29 is 37.7 Å². The summed E-state index contributed by atoms with van der Waals surface area (Å²) in [6, 6.07) is 6.24. The van der Waals surface area contributed by atoms with Crippen LogP contribution < -0.4 is 4.74 Å². The number of ether oxygens (including phenoxy) is 1. The molecule has 136 valence electrons. The van der Waals surface area contributed by atoms with Crippen LogP contribution in [0, 0.1) is 0 Å². The van der Waals surface area contributed by atoms with Crippen molar-refractivity contribution in [2.24, 2.45) is 0 Å². The number of hydrogen-bond donors (Lipinski definition) is 2. The lowest BCUT2D eigenvalue weighted by Crippen LogP contribution is -2.04. The minimum absolute atomic E-state index is 0.0107. The molecule has 0 atom stereocenters. The molecule has 0 aliphatic heterocycles. The molecule has 0 saturated carbocycles. The molecule has 0 spiro atoms. The first-order valence-electron chi connectivity index (χ1n) is 6.91. The predicted molar refractivity (Wildman–Crippen MR) is 86.6 cm³/mol. The van der Waals surface area contributed by atoms with Crippen LogP contribution in [0.5, 0.6) is 11.5 Å². The third kappa shape index (κ3) is 4.76. The van der Waals surface area contributed by atoms with E-state index in [1.807, 2.05) is 0 Å². The summed E-state index contributed by atoms with van der Waals surface area (Å²) in [6.45, 7) is 0. The summed E-state index contributed by atoms with van der Waals surface area (Å²) in [4.78, 5) is 21.8. The first-order chi connectivity index (χ1) is 12.1. The van der Waals surface area contributed by atoms with Crippen LogP contribution in [0.1, 0.15) is 21.5 Å². The van der Waals surface area contributed by atoms with Gasteiger partial charge in [-0.15, -0.1) is 0 Å². The standard InChI is InChI=1S/C17H10ClF3O5/c18-13-7-10(17(19,20)21)3-5-14(13)26-11-4-1-9(2-6-15(22)23)12(8-11)16(24)25/h1-8H,(H,22,23)(H,24,25). The third-order valence-corrected chi connectivity index (χ3v) is 3.44. The lowest BCUT2D eigenvalue weighted by Gasteiger charge is -2.12. The summed E-state index contributed by atoms with van der Waals surface area (Å²) < 4.78 is 43.2. The Morgan fingerprint density at radius 2 is 1.77 bits per heavy atom. The number of carbonyl (C=O) groups is 2. The van der Waals surface area contributed by atoms with E-state index in [9.17, 15) is 27.9 Å². The van der Waals surface area contributed by atoms with Crippen LogP contribution in [0.15, 0.2) is 42.5 Å². The minimum atomic E-state index is -4.56. The number of aliphatic carboxylic acids is 1. The van der Waals surface area contributed by atoms with Gasteiger partial charge in [-0.25, -0.2) is 9.59 Å². The Balaban J connectivity index is 2.34. The number of aromatic carboxylic acids is 1. The molecule has 26 heavy (non-hydrogen) atoms. The fourth-order valence-electron chi connectivity index (χ4n) is 1.98. The van der Waals surface area contributed by atoms with Crippen LogP contribution >= 0.6 is 11.6 Å². The van der Waals surface area contributed by atoms with E-state index < -0.39 is 23.7 Å². The predicted octanol–water partition coefficient (Wildman–Crippen LogP) is 4.95. The summed E-state index contributed by atoms with van der Waals surface area (Å²) in [7, 11) is 0. The topological polar surface area (TPSA) is 83.8 Å². The zero-order chi connectivity index (χ0) is 19.5. The Morgan fingerprint density at radius 3 is 2.31 bits per heavy atom. The monoisotopic (exact) mass is 386 g/mol. The van der Waals surface area contributed by atoms with E-state index in [2.05, 4.69) is 0 Å². The Bertz CT molecular complexity index is 890. The maximum atomic E-state index is 12.6. The Kier molecular flexibility index (Phi) is 5.56. The third-order valence-electron chi connectivity index (χ3n) is 3.15. The fourth-order valence-corrected chi connectivity index (χ4v) is 2.20. The van der Waals surface area contributed by atoms with E-state index in [0.29, 0.717) is 6.07 Å². The second-order valence-corrected chi connectivity index (χ2v) is 5.38. The number of halogens is 4. The Labute approximate surface area is 149 Å². The molecule has 0 saturated heterocycles. The Hall–Kier alpha value is -3.00. The molecule has 2 N–H and O–H groups in total. The lowest BCUT2D eigenvalue weighted by molar-refractivity contribution is -0.137. The smallest absolute Gasteiger partial charge is 0.416 e. The van der Waals surface area contributed by atoms with Gasteiger partial charge in [-0.1, -0.05) is 17.7 Å². The van der Waals surface area contributed by atoms with Gasteiger partial charge in [0.1, 0.15) is 11.5 Å². The lowest BCUT2D eigenvalue weighted by atomic mass is 10.1. The maximum Gasteiger partial charge on any atom is 0.416 e. The van der Waals surface area contributed by atoms with Crippen LogP contribution in [-0.2, 0) is 11.0 Å². The SMILES string of the molecule is O=C(O)C=Cc1ccc(Oc2ccc(C(F)(F)F)cc2Cl)cc1C(=O)O. The molecular formula is C17H10ClF3O5. The van der Waals surface area contributed by atoms with Crippen molar-refractivity contribution in [2.45, 2.75) is 6.18 Å². The van der Waals surface area contributed by atoms with Gasteiger partial charge in [0.25, 0.3) is 0 Å². The van der Waals surface area contributed by atoms with Crippen molar-refractivity contribution in [3.63, 3.8) is 0 Å². The quantitative estimate of drug-likeness (QED) is 0.710. The second-order valence-electron chi connectivity index (χ2n) is 4.97. The van der Waals surface area contributed by atoms with Gasteiger partial charge in [0.05, 0.1) is 16.1 Å². The molecule has 0 unspecified atom stereocenters. The number of carboxylic acid groups (broad SMARTS) is 2. The molecule has 0 fully saturated rings. The largest absolute Gasteiger partial charge is 0.478 e. The highest BCUT2D eigenvalue weighted by molar-refractivity contribution is 6.32. The number of benzene rings is 2. The summed E-state index contributed by atoms with van der Waals surface area (Å²) >= 11 is 5.79. The summed E-state index contributed by atoms with van der Waals surface area (Å²) in [5, 5.41) is 17.5. The van der Waals surface area contributed by atoms with Crippen LogP contribution in [0.3, 0.4) is 0 Å². The highest BCUT2D eigenvalue weighted by Crippen LogP contribution is 2.36. The van der Waals surface area contributed by atoms with Crippen LogP contribution in [-0.4, -0.2) is 22.2 Å². The molecule has 0 radical (unpaired) electrons. The van der Waals surface area contributed by atoms with E-state index in [1.54, 1.807) is 0 Å². The van der Waals surface area contributed by atoms with Crippen molar-refractivity contribution in [3.8, 4) is 11.5 Å². The molecule has 2 aromatic carbocycles. The van der Waals surface area contributed by atoms with Crippen LogP contribution in [0.2, 0.25) is 5.02 Å². The molecule has 2 aromatic rings. The first kappa shape index (κ1) is 19.3. The summed E-state index contributed by atoms with van der Waals surface area (Å²) in [6.07, 6.45) is -2.69. The van der Waals surface area contributed by atoms with Crippen molar-refractivity contribution in [2.75, 3.05) is 0 Å². The van der Waals surface area contributed by atoms with Crippen LogP contribution in [0.25, 0.3) is 6.08 Å². The Morgan fingerprint density at radius 1 is 1.08 bits per heavy atom. The molecule has 0 aromatic heterocycles. The zero-order valence-electron chi connectivity index (χ0n) is 12.7. The molecule has 0 aliphatic carbocycles. The van der Waals surface area contributed by atoms with E-state index in [-0.39, 0.29) is 27.6 Å². The van der Waals surface area contributed by atoms with Crippen molar-refractivity contribution in [1.29, 1.82) is 0 Å². The zero-order valence-corrected chi connectivity index (χ0v) is 13.5. The van der Waals surface area contributed by atoms with E-state index in [1.165, 1.54) is 12.1 Å². The molecule has 0 aliphatic rings. The van der Waals surface area contributed by atoms with Gasteiger partial charge in [-0.3, -0.25) is 0 Å². The van der Waals surface area contributed by atoms with Gasteiger partial charge in [-0.05, 0) is 42.0 Å². The molecule has 2 rings (SSSR count). The van der Waals surface area contributed by atoms with E-state index in [0.717, 1.165) is 30.4 Å². The molecule has 0 heterocycles. The minimum Gasteiger partial charge on any atom is -0.478 e. The average Bonchev–Trinajstić information content (AvgIpc) is 2.54. The fraction of sp³-hybridized carbons (Fsp3) is 0.0588. The summed E-state index contributed by atoms with van der Waals surface area (Å²) in [5.74, 6) is -2.67. The van der Waals surface area contributed by atoms with Gasteiger partial charge in [-0.2, -0.15) is 13.2 Å². The van der Waals surface area contributed by atoms with Crippen LogP contribution in [0.4, 0.5) is 13.2 Å². The molecular weight excluding hydrogens is 377 g/mol. The molecule has 5 nitrogen and oxygen atoms in total. The van der Waals surface area contributed by atoms with E-state index in [4.69, 9.17) is 21.4 Å². The number of alkyl halides is 3. The van der Waals surface area contributed by atoms with Gasteiger partial charge in [0, 0.05) is 6.08 Å².